The van der Waals surface area contributed by atoms with Crippen LogP contribution < -0.4 is 0 Å². The van der Waals surface area contributed by atoms with Crippen LogP contribution in [0.5, 0.6) is 0 Å². The summed E-state index contributed by atoms with van der Waals surface area (Å²) in [7, 11) is 1.67. The van der Waals surface area contributed by atoms with Crippen LogP contribution in [-0.4, -0.2) is 55.0 Å². The summed E-state index contributed by atoms with van der Waals surface area (Å²) in [6.45, 7) is 2.13. The Hall–Kier alpha value is -1.95. The van der Waals surface area contributed by atoms with Gasteiger partial charge in [0.05, 0.1) is 25.2 Å². The summed E-state index contributed by atoms with van der Waals surface area (Å²) < 4.78 is 18.8. The molecule has 1 aromatic carbocycles. The van der Waals surface area contributed by atoms with Crippen molar-refractivity contribution < 1.29 is 18.7 Å². The lowest BCUT2D eigenvalue weighted by atomic mass is 9.92. The van der Waals surface area contributed by atoms with E-state index in [4.69, 9.17) is 4.74 Å². The van der Waals surface area contributed by atoms with Crippen molar-refractivity contribution in [1.82, 2.24) is 9.80 Å². The van der Waals surface area contributed by atoms with Crippen molar-refractivity contribution in [2.24, 2.45) is 5.92 Å². The predicted octanol–water partition coefficient (Wildman–Crippen LogP) is 1.20. The maximum atomic E-state index is 13.5. The predicted molar refractivity (Wildman–Crippen MR) is 77.4 cm³/mol. The molecule has 5 nitrogen and oxygen atoms in total. The Morgan fingerprint density at radius 1 is 1.32 bits per heavy atom. The molecule has 6 heteroatoms. The largest absolute Gasteiger partial charge is 0.378 e. The van der Waals surface area contributed by atoms with Crippen molar-refractivity contribution in [3.63, 3.8) is 0 Å². The van der Waals surface area contributed by atoms with Gasteiger partial charge < -0.3 is 14.5 Å². The average Bonchev–Trinajstić information content (AvgIpc) is 2.83. The van der Waals surface area contributed by atoms with Gasteiger partial charge in [-0.3, -0.25) is 9.59 Å². The zero-order valence-electron chi connectivity index (χ0n) is 12.5. The van der Waals surface area contributed by atoms with Gasteiger partial charge in [0.2, 0.25) is 11.8 Å². The molecule has 0 aliphatic carbocycles. The minimum atomic E-state index is -0.461. The van der Waals surface area contributed by atoms with E-state index in [9.17, 15) is 14.0 Å². The van der Waals surface area contributed by atoms with Crippen LogP contribution in [0.2, 0.25) is 0 Å². The summed E-state index contributed by atoms with van der Waals surface area (Å²) >= 11 is 0. The molecule has 2 saturated heterocycles. The number of halogens is 1. The maximum absolute atomic E-state index is 13.5. The van der Waals surface area contributed by atoms with Gasteiger partial charge in [-0.25, -0.2) is 4.39 Å². The molecule has 1 aromatic rings. The molecule has 2 fully saturated rings. The van der Waals surface area contributed by atoms with Gasteiger partial charge in [0.25, 0.3) is 0 Å². The number of nitrogens with zero attached hydrogens (tertiary/aromatic N) is 2. The summed E-state index contributed by atoms with van der Waals surface area (Å²) in [4.78, 5) is 28.1. The van der Waals surface area contributed by atoms with Crippen LogP contribution in [0.15, 0.2) is 24.3 Å². The summed E-state index contributed by atoms with van der Waals surface area (Å²) in [5, 5.41) is 0. The second-order valence-corrected chi connectivity index (χ2v) is 5.75. The van der Waals surface area contributed by atoms with Gasteiger partial charge in [0.1, 0.15) is 5.82 Å². The SMILES string of the molecule is CN1C(=O)C[C@H](C(=O)N2CCOCC2)[C@@H]1c1cccc(F)c1. The number of likely N-dealkylation sites (tertiary alicyclic amines) is 1. The second kappa shape index (κ2) is 6.04. The number of hydrogen-bond donors (Lipinski definition) is 0. The third kappa shape index (κ3) is 2.70. The minimum absolute atomic E-state index is 0.0461. The molecule has 118 valence electrons. The number of morpholine rings is 1. The molecule has 0 unspecified atom stereocenters. The van der Waals surface area contributed by atoms with E-state index in [0.717, 1.165) is 0 Å². The molecule has 22 heavy (non-hydrogen) atoms. The van der Waals surface area contributed by atoms with E-state index in [0.29, 0.717) is 31.9 Å². The van der Waals surface area contributed by atoms with Crippen molar-refractivity contribution in [3.8, 4) is 0 Å². The highest BCUT2D eigenvalue weighted by atomic mass is 19.1. The fourth-order valence-electron chi connectivity index (χ4n) is 3.26. The van der Waals surface area contributed by atoms with E-state index in [1.165, 1.54) is 12.1 Å². The van der Waals surface area contributed by atoms with Crippen LogP contribution in [-0.2, 0) is 14.3 Å². The van der Waals surface area contributed by atoms with Gasteiger partial charge in [-0.1, -0.05) is 12.1 Å². The quantitative estimate of drug-likeness (QED) is 0.825. The Morgan fingerprint density at radius 2 is 2.05 bits per heavy atom. The summed E-state index contributed by atoms with van der Waals surface area (Å²) in [6, 6.07) is 5.73. The lowest BCUT2D eigenvalue weighted by Gasteiger charge is -2.32. The van der Waals surface area contributed by atoms with Crippen LogP contribution in [0.1, 0.15) is 18.0 Å². The highest BCUT2D eigenvalue weighted by Gasteiger charge is 2.44. The van der Waals surface area contributed by atoms with E-state index in [1.807, 2.05) is 0 Å². The van der Waals surface area contributed by atoms with E-state index in [1.54, 1.807) is 29.0 Å². The number of benzene rings is 1. The maximum Gasteiger partial charge on any atom is 0.228 e. The van der Waals surface area contributed by atoms with Crippen LogP contribution in [0.3, 0.4) is 0 Å². The Labute approximate surface area is 128 Å². The van der Waals surface area contributed by atoms with Crippen molar-refractivity contribution in [3.05, 3.63) is 35.6 Å². The molecule has 2 aliphatic rings. The second-order valence-electron chi connectivity index (χ2n) is 5.75. The van der Waals surface area contributed by atoms with E-state index >= 15 is 0 Å². The highest BCUT2D eigenvalue weighted by Crippen LogP contribution is 2.38. The minimum Gasteiger partial charge on any atom is -0.378 e. The molecular weight excluding hydrogens is 287 g/mol. The zero-order chi connectivity index (χ0) is 15.7. The molecule has 0 bridgehead atoms. The number of carbonyl (C=O) groups is 2. The number of carbonyl (C=O) groups excluding carboxylic acids is 2. The normalized spacial score (nSPS) is 25.6. The van der Waals surface area contributed by atoms with E-state index in [2.05, 4.69) is 0 Å². The molecule has 3 rings (SSSR count). The molecular formula is C16H19FN2O3. The van der Waals surface area contributed by atoms with Gasteiger partial charge >= 0.3 is 0 Å². The summed E-state index contributed by atoms with van der Waals surface area (Å²) in [5.41, 5.74) is 0.667. The first-order valence-electron chi connectivity index (χ1n) is 7.45. The molecule has 0 N–H and O–H groups in total. The molecule has 2 atom stereocenters. The third-order valence-corrected chi connectivity index (χ3v) is 4.42. The molecule has 2 aliphatic heterocycles. The van der Waals surface area contributed by atoms with Gasteiger partial charge in [0, 0.05) is 26.6 Å². The van der Waals surface area contributed by atoms with Gasteiger partial charge in [0.15, 0.2) is 0 Å². The molecule has 0 aromatic heterocycles. The number of hydrogen-bond acceptors (Lipinski definition) is 3. The van der Waals surface area contributed by atoms with Gasteiger partial charge in [-0.05, 0) is 17.7 Å². The van der Waals surface area contributed by atoms with Crippen molar-refractivity contribution in [1.29, 1.82) is 0 Å². The first kappa shape index (κ1) is 15.0. The Morgan fingerprint density at radius 3 is 2.73 bits per heavy atom. The smallest absolute Gasteiger partial charge is 0.228 e. The highest BCUT2D eigenvalue weighted by molar-refractivity contribution is 5.90. The summed E-state index contributed by atoms with van der Waals surface area (Å²) in [5.74, 6) is -0.948. The molecule has 0 radical (unpaired) electrons. The van der Waals surface area contributed by atoms with Gasteiger partial charge in [-0.15, -0.1) is 0 Å². The number of ether oxygens (including phenoxy) is 1. The Balaban J connectivity index is 1.87. The molecule has 0 saturated carbocycles. The van der Waals surface area contributed by atoms with Crippen LogP contribution >= 0.6 is 0 Å². The fraction of sp³-hybridized carbons (Fsp3) is 0.500. The number of rotatable bonds is 2. The van der Waals surface area contributed by atoms with Crippen LogP contribution in [0.4, 0.5) is 4.39 Å². The molecule has 0 spiro atoms. The molecule has 2 heterocycles. The average molecular weight is 306 g/mol. The van der Waals surface area contributed by atoms with Crippen molar-refractivity contribution in [2.75, 3.05) is 33.4 Å². The van der Waals surface area contributed by atoms with Crippen molar-refractivity contribution >= 4 is 11.8 Å². The monoisotopic (exact) mass is 306 g/mol. The Kier molecular flexibility index (Phi) is 4.11. The number of amides is 2. The van der Waals surface area contributed by atoms with Gasteiger partial charge in [-0.2, -0.15) is 0 Å². The van der Waals surface area contributed by atoms with Crippen LogP contribution in [0.25, 0.3) is 0 Å². The Bertz CT molecular complexity index is 587. The topological polar surface area (TPSA) is 49.9 Å². The lowest BCUT2D eigenvalue weighted by Crippen LogP contribution is -2.44. The van der Waals surface area contributed by atoms with Crippen molar-refractivity contribution in [2.45, 2.75) is 12.5 Å². The summed E-state index contributed by atoms with van der Waals surface area (Å²) in [6.07, 6.45) is 0.174. The first-order chi connectivity index (χ1) is 10.6. The lowest BCUT2D eigenvalue weighted by molar-refractivity contribution is -0.140. The first-order valence-corrected chi connectivity index (χ1v) is 7.45. The zero-order valence-corrected chi connectivity index (χ0v) is 12.5. The third-order valence-electron chi connectivity index (χ3n) is 4.42. The molecule has 2 amide bonds. The van der Waals surface area contributed by atoms with Crippen LogP contribution in [0, 0.1) is 11.7 Å². The standard InChI is InChI=1S/C16H19FN2O3/c1-18-14(20)10-13(16(21)19-5-7-22-8-6-19)15(18)11-3-2-4-12(17)9-11/h2-4,9,13,15H,5-8,10H2,1H3/t13-,15-/m0/s1. The fourth-order valence-corrected chi connectivity index (χ4v) is 3.26. The van der Waals surface area contributed by atoms with E-state index < -0.39 is 12.0 Å². The van der Waals surface area contributed by atoms with E-state index in [-0.39, 0.29) is 24.1 Å².